The maximum atomic E-state index is 10.1. The lowest BCUT2D eigenvalue weighted by atomic mass is 10.1. The molecule has 1 atom stereocenters. The van der Waals surface area contributed by atoms with E-state index in [4.69, 9.17) is 0 Å². The molecular formula is C11H12OS2. The summed E-state index contributed by atoms with van der Waals surface area (Å²) in [5, 5.41) is 14.2. The Morgan fingerprint density at radius 2 is 2.00 bits per heavy atom. The first kappa shape index (κ1) is 9.90. The minimum absolute atomic E-state index is 0.444. The van der Waals surface area contributed by atoms with Gasteiger partial charge in [-0.1, -0.05) is 0 Å². The molecule has 0 aliphatic rings. The Bertz CT molecular complexity index is 428. The first-order valence-corrected chi connectivity index (χ1v) is 6.21. The van der Waals surface area contributed by atoms with Gasteiger partial charge in [0.15, 0.2) is 0 Å². The Morgan fingerprint density at radius 1 is 1.21 bits per heavy atom. The predicted molar refractivity (Wildman–Crippen MR) is 62.2 cm³/mol. The van der Waals surface area contributed by atoms with E-state index in [1.54, 1.807) is 22.7 Å². The Morgan fingerprint density at radius 3 is 2.50 bits per heavy atom. The summed E-state index contributed by atoms with van der Waals surface area (Å²) < 4.78 is 0. The topological polar surface area (TPSA) is 20.2 Å². The zero-order valence-corrected chi connectivity index (χ0v) is 9.78. The molecule has 0 fully saturated rings. The molecule has 2 rings (SSSR count). The number of rotatable bonds is 2. The molecule has 3 heteroatoms. The predicted octanol–water partition coefficient (Wildman–Crippen LogP) is 3.51. The van der Waals surface area contributed by atoms with Gasteiger partial charge in [0.25, 0.3) is 0 Å². The van der Waals surface area contributed by atoms with Crippen molar-refractivity contribution in [3.8, 4) is 0 Å². The van der Waals surface area contributed by atoms with E-state index in [0.29, 0.717) is 0 Å². The van der Waals surface area contributed by atoms with Crippen LogP contribution < -0.4 is 0 Å². The van der Waals surface area contributed by atoms with Gasteiger partial charge in [0, 0.05) is 9.75 Å². The fraction of sp³-hybridized carbons (Fsp3) is 0.273. The van der Waals surface area contributed by atoms with E-state index in [1.807, 2.05) is 24.4 Å². The third-order valence-corrected chi connectivity index (χ3v) is 4.15. The van der Waals surface area contributed by atoms with Gasteiger partial charge in [-0.05, 0) is 47.9 Å². The van der Waals surface area contributed by atoms with Crippen molar-refractivity contribution in [2.24, 2.45) is 0 Å². The van der Waals surface area contributed by atoms with Crippen LogP contribution in [0, 0.1) is 13.8 Å². The summed E-state index contributed by atoms with van der Waals surface area (Å²) in [6.07, 6.45) is -0.444. The minimum atomic E-state index is -0.444. The molecule has 0 bridgehead atoms. The summed E-state index contributed by atoms with van der Waals surface area (Å²) in [6, 6.07) is 4.05. The van der Waals surface area contributed by atoms with E-state index in [1.165, 1.54) is 10.4 Å². The summed E-state index contributed by atoms with van der Waals surface area (Å²) in [5.41, 5.74) is 2.21. The highest BCUT2D eigenvalue weighted by molar-refractivity contribution is 7.12. The van der Waals surface area contributed by atoms with Crippen LogP contribution in [0.5, 0.6) is 0 Å². The zero-order chi connectivity index (χ0) is 10.1. The maximum absolute atomic E-state index is 10.1. The molecule has 0 radical (unpaired) electrons. The second-order valence-corrected chi connectivity index (χ2v) is 5.42. The van der Waals surface area contributed by atoms with Crippen molar-refractivity contribution in [3.05, 3.63) is 43.8 Å². The maximum Gasteiger partial charge on any atom is 0.114 e. The minimum Gasteiger partial charge on any atom is -0.383 e. The van der Waals surface area contributed by atoms with Crippen LogP contribution in [0.3, 0.4) is 0 Å². The first-order chi connectivity index (χ1) is 6.68. The van der Waals surface area contributed by atoms with Crippen LogP contribution in [0.1, 0.15) is 27.0 Å². The molecule has 0 saturated carbocycles. The fourth-order valence-electron chi connectivity index (χ4n) is 1.40. The summed E-state index contributed by atoms with van der Waals surface area (Å²) in [5.74, 6) is 0. The van der Waals surface area contributed by atoms with Gasteiger partial charge in [-0.25, -0.2) is 0 Å². The molecule has 74 valence electrons. The van der Waals surface area contributed by atoms with Gasteiger partial charge >= 0.3 is 0 Å². The highest BCUT2D eigenvalue weighted by Crippen LogP contribution is 2.31. The number of aryl methyl sites for hydroxylation is 2. The Kier molecular flexibility index (Phi) is 2.72. The number of hydrogen-bond acceptors (Lipinski definition) is 3. The molecule has 2 heterocycles. The molecule has 0 aromatic carbocycles. The third kappa shape index (κ3) is 1.75. The molecule has 0 spiro atoms. The smallest absolute Gasteiger partial charge is 0.114 e. The van der Waals surface area contributed by atoms with Crippen molar-refractivity contribution in [3.63, 3.8) is 0 Å². The van der Waals surface area contributed by atoms with E-state index >= 15 is 0 Å². The summed E-state index contributed by atoms with van der Waals surface area (Å²) >= 11 is 3.30. The number of aliphatic hydroxyl groups excluding tert-OH is 1. The van der Waals surface area contributed by atoms with Crippen molar-refractivity contribution in [1.29, 1.82) is 0 Å². The van der Waals surface area contributed by atoms with Crippen molar-refractivity contribution in [2.75, 3.05) is 0 Å². The largest absolute Gasteiger partial charge is 0.383 e. The van der Waals surface area contributed by atoms with Crippen molar-refractivity contribution in [2.45, 2.75) is 20.0 Å². The second-order valence-electron chi connectivity index (χ2n) is 3.36. The van der Waals surface area contributed by atoms with Gasteiger partial charge in [-0.3, -0.25) is 0 Å². The summed E-state index contributed by atoms with van der Waals surface area (Å²) in [6.45, 7) is 4.09. The van der Waals surface area contributed by atoms with Crippen molar-refractivity contribution in [1.82, 2.24) is 0 Å². The lowest BCUT2D eigenvalue weighted by Gasteiger charge is -2.07. The molecule has 2 aromatic rings. The molecule has 1 nitrogen and oxygen atoms in total. The number of thiophene rings is 2. The van der Waals surface area contributed by atoms with E-state index in [0.717, 1.165) is 10.4 Å². The number of aliphatic hydroxyl groups is 1. The average Bonchev–Trinajstić information content (AvgIpc) is 2.73. The van der Waals surface area contributed by atoms with Crippen LogP contribution >= 0.6 is 22.7 Å². The monoisotopic (exact) mass is 224 g/mol. The molecule has 0 aliphatic heterocycles. The van der Waals surface area contributed by atoms with Gasteiger partial charge < -0.3 is 5.11 Å². The molecule has 0 saturated heterocycles. The van der Waals surface area contributed by atoms with Crippen LogP contribution in [0.2, 0.25) is 0 Å². The van der Waals surface area contributed by atoms with Gasteiger partial charge in [0.1, 0.15) is 6.10 Å². The molecule has 1 N–H and O–H groups in total. The van der Waals surface area contributed by atoms with E-state index < -0.39 is 6.10 Å². The van der Waals surface area contributed by atoms with Crippen LogP contribution in [0.25, 0.3) is 0 Å². The Balaban J connectivity index is 2.33. The zero-order valence-electron chi connectivity index (χ0n) is 8.15. The lowest BCUT2D eigenvalue weighted by Crippen LogP contribution is -1.96. The van der Waals surface area contributed by atoms with Crippen molar-refractivity contribution < 1.29 is 5.11 Å². The summed E-state index contributed by atoms with van der Waals surface area (Å²) in [7, 11) is 0. The standard InChI is InChI=1S/C11H12OS2/c1-7-5-13-6-9(7)11(12)10-4-3-8(2)14-10/h3-6,11-12H,1-2H3. The van der Waals surface area contributed by atoms with Gasteiger partial charge in [-0.2, -0.15) is 11.3 Å². The van der Waals surface area contributed by atoms with Crippen LogP contribution in [-0.2, 0) is 0 Å². The van der Waals surface area contributed by atoms with Crippen molar-refractivity contribution >= 4 is 22.7 Å². The Hall–Kier alpha value is -0.640. The van der Waals surface area contributed by atoms with Crippen LogP contribution in [0.15, 0.2) is 22.9 Å². The highest BCUT2D eigenvalue weighted by Gasteiger charge is 2.14. The molecule has 1 unspecified atom stereocenters. The normalized spacial score (nSPS) is 13.1. The van der Waals surface area contributed by atoms with Gasteiger partial charge in [-0.15, -0.1) is 11.3 Å². The molecule has 0 amide bonds. The fourth-order valence-corrected chi connectivity index (χ4v) is 3.16. The van der Waals surface area contributed by atoms with Gasteiger partial charge in [0.05, 0.1) is 0 Å². The van der Waals surface area contributed by atoms with Crippen LogP contribution in [0.4, 0.5) is 0 Å². The molecular weight excluding hydrogens is 212 g/mol. The van der Waals surface area contributed by atoms with Gasteiger partial charge in [0.2, 0.25) is 0 Å². The first-order valence-electron chi connectivity index (χ1n) is 4.45. The van der Waals surface area contributed by atoms with Crippen LogP contribution in [-0.4, -0.2) is 5.11 Å². The van der Waals surface area contributed by atoms with E-state index in [2.05, 4.69) is 12.3 Å². The molecule has 2 aromatic heterocycles. The number of hydrogen-bond donors (Lipinski definition) is 1. The average molecular weight is 224 g/mol. The van der Waals surface area contributed by atoms with E-state index in [9.17, 15) is 5.11 Å². The molecule has 0 aliphatic carbocycles. The highest BCUT2D eigenvalue weighted by atomic mass is 32.1. The SMILES string of the molecule is Cc1ccc(C(O)c2cscc2C)s1. The Labute approximate surface area is 91.7 Å². The second kappa shape index (κ2) is 3.85. The molecule has 14 heavy (non-hydrogen) atoms. The quantitative estimate of drug-likeness (QED) is 0.827. The third-order valence-electron chi connectivity index (χ3n) is 2.22. The summed E-state index contributed by atoms with van der Waals surface area (Å²) in [4.78, 5) is 2.27. The van der Waals surface area contributed by atoms with E-state index in [-0.39, 0.29) is 0 Å². The lowest BCUT2D eigenvalue weighted by molar-refractivity contribution is 0.224.